The molecular formula is C23H25NO5S. The molecule has 7 heteroatoms. The van der Waals surface area contributed by atoms with Gasteiger partial charge in [-0.15, -0.1) is 0 Å². The van der Waals surface area contributed by atoms with Crippen molar-refractivity contribution in [3.05, 3.63) is 78.4 Å². The molecule has 1 aliphatic carbocycles. The normalized spacial score (nSPS) is 18.6. The number of carbonyl (C=O) groups excluding carboxylic acids is 2. The number of ether oxygens (including phenoxy) is 1. The fourth-order valence-electron chi connectivity index (χ4n) is 3.48. The minimum Gasteiger partial charge on any atom is -0.458 e. The number of sulfone groups is 1. The quantitative estimate of drug-likeness (QED) is 0.501. The number of nitrogens with zero attached hydrogens (tertiary/aromatic N) is 1. The molecule has 0 spiro atoms. The van der Waals surface area contributed by atoms with E-state index in [0.29, 0.717) is 19.4 Å². The topological polar surface area (TPSA) is 80.8 Å². The molecule has 1 aliphatic rings. The SMILES string of the molecule is CC(=O)O[C@H]1C=C[C@H](N(Cc2ccccc2)C(=O)CS(=O)(=O)c2ccccc2)CC1. The lowest BCUT2D eigenvalue weighted by Gasteiger charge is -2.33. The van der Waals surface area contributed by atoms with Crippen LogP contribution in [0.25, 0.3) is 0 Å². The molecule has 0 aliphatic heterocycles. The fourth-order valence-corrected chi connectivity index (χ4v) is 4.71. The first-order chi connectivity index (χ1) is 14.3. The van der Waals surface area contributed by atoms with Gasteiger partial charge < -0.3 is 9.64 Å². The summed E-state index contributed by atoms with van der Waals surface area (Å²) in [5.41, 5.74) is 0.915. The molecule has 30 heavy (non-hydrogen) atoms. The molecule has 2 aromatic carbocycles. The van der Waals surface area contributed by atoms with Crippen LogP contribution in [0.2, 0.25) is 0 Å². The van der Waals surface area contributed by atoms with Crippen LogP contribution < -0.4 is 0 Å². The van der Waals surface area contributed by atoms with Crippen LogP contribution in [0.1, 0.15) is 25.3 Å². The van der Waals surface area contributed by atoms with Crippen molar-refractivity contribution >= 4 is 21.7 Å². The third-order valence-electron chi connectivity index (χ3n) is 4.94. The van der Waals surface area contributed by atoms with Crippen LogP contribution in [0.15, 0.2) is 77.7 Å². The molecule has 0 fully saturated rings. The first kappa shape index (κ1) is 21.8. The summed E-state index contributed by atoms with van der Waals surface area (Å²) in [5, 5.41) is 0. The van der Waals surface area contributed by atoms with E-state index in [9.17, 15) is 18.0 Å². The first-order valence-electron chi connectivity index (χ1n) is 9.82. The van der Waals surface area contributed by atoms with Gasteiger partial charge in [0.2, 0.25) is 5.91 Å². The molecular weight excluding hydrogens is 402 g/mol. The molecule has 0 unspecified atom stereocenters. The zero-order valence-corrected chi connectivity index (χ0v) is 17.6. The van der Waals surface area contributed by atoms with Crippen molar-refractivity contribution in [1.82, 2.24) is 4.90 Å². The highest BCUT2D eigenvalue weighted by molar-refractivity contribution is 7.92. The van der Waals surface area contributed by atoms with Crippen LogP contribution >= 0.6 is 0 Å². The number of amides is 1. The average Bonchev–Trinajstić information content (AvgIpc) is 2.73. The van der Waals surface area contributed by atoms with Crippen molar-refractivity contribution in [3.8, 4) is 0 Å². The number of benzene rings is 2. The van der Waals surface area contributed by atoms with Crippen LogP contribution in [-0.4, -0.2) is 43.1 Å². The van der Waals surface area contributed by atoms with Gasteiger partial charge in [-0.3, -0.25) is 9.59 Å². The lowest BCUT2D eigenvalue weighted by Crippen LogP contribution is -2.43. The fraction of sp³-hybridized carbons (Fsp3) is 0.304. The second kappa shape index (κ2) is 9.71. The Kier molecular flexibility index (Phi) is 7.05. The van der Waals surface area contributed by atoms with E-state index in [2.05, 4.69) is 0 Å². The minimum atomic E-state index is -3.75. The van der Waals surface area contributed by atoms with Gasteiger partial charge in [-0.25, -0.2) is 8.42 Å². The highest BCUT2D eigenvalue weighted by Crippen LogP contribution is 2.22. The van der Waals surface area contributed by atoms with Crippen LogP contribution in [-0.2, 0) is 30.7 Å². The molecule has 0 bridgehead atoms. The summed E-state index contributed by atoms with van der Waals surface area (Å²) < 4.78 is 30.7. The summed E-state index contributed by atoms with van der Waals surface area (Å²) in [7, 11) is -3.75. The van der Waals surface area contributed by atoms with Crippen LogP contribution in [0, 0.1) is 0 Å². The molecule has 6 nitrogen and oxygen atoms in total. The van der Waals surface area contributed by atoms with Crippen LogP contribution in [0.5, 0.6) is 0 Å². The van der Waals surface area contributed by atoms with Crippen molar-refractivity contribution in [3.63, 3.8) is 0 Å². The third-order valence-corrected chi connectivity index (χ3v) is 6.56. The summed E-state index contributed by atoms with van der Waals surface area (Å²) in [6.07, 6.45) is 4.43. The molecule has 0 aromatic heterocycles. The van der Waals surface area contributed by atoms with Gasteiger partial charge in [0.1, 0.15) is 11.9 Å². The Morgan fingerprint density at radius 2 is 1.60 bits per heavy atom. The molecule has 0 saturated heterocycles. The number of hydrogen-bond donors (Lipinski definition) is 0. The Balaban J connectivity index is 1.81. The van der Waals surface area contributed by atoms with E-state index in [4.69, 9.17) is 4.74 Å². The zero-order chi connectivity index (χ0) is 21.6. The van der Waals surface area contributed by atoms with Gasteiger partial charge in [0.25, 0.3) is 0 Å². The summed E-state index contributed by atoms with van der Waals surface area (Å²) in [6, 6.07) is 17.2. The van der Waals surface area contributed by atoms with E-state index in [-0.39, 0.29) is 23.0 Å². The molecule has 2 aromatic rings. The lowest BCUT2D eigenvalue weighted by molar-refractivity contribution is -0.145. The first-order valence-corrected chi connectivity index (χ1v) is 11.5. The lowest BCUT2D eigenvalue weighted by atomic mass is 9.98. The van der Waals surface area contributed by atoms with E-state index in [1.54, 1.807) is 29.2 Å². The Labute approximate surface area is 177 Å². The molecule has 0 saturated carbocycles. The summed E-state index contributed by atoms with van der Waals surface area (Å²) in [5.74, 6) is -1.40. The summed E-state index contributed by atoms with van der Waals surface area (Å²) in [6.45, 7) is 1.66. The third kappa shape index (κ3) is 5.79. The second-order valence-corrected chi connectivity index (χ2v) is 9.25. The van der Waals surface area contributed by atoms with Gasteiger partial charge in [-0.1, -0.05) is 54.6 Å². The maximum absolute atomic E-state index is 13.1. The molecule has 0 heterocycles. The molecule has 158 valence electrons. The maximum atomic E-state index is 13.1. The number of carbonyl (C=O) groups is 2. The van der Waals surface area contributed by atoms with Crippen molar-refractivity contribution in [1.29, 1.82) is 0 Å². The minimum absolute atomic E-state index is 0.132. The Morgan fingerprint density at radius 3 is 2.17 bits per heavy atom. The predicted octanol–water partition coefficient (Wildman–Crippen LogP) is 3.14. The largest absolute Gasteiger partial charge is 0.458 e. The van der Waals surface area contributed by atoms with E-state index in [1.165, 1.54) is 19.1 Å². The van der Waals surface area contributed by atoms with Crippen molar-refractivity contribution in [2.45, 2.75) is 43.4 Å². The molecule has 3 rings (SSSR count). The van der Waals surface area contributed by atoms with E-state index in [1.807, 2.05) is 36.4 Å². The van der Waals surface area contributed by atoms with Crippen LogP contribution in [0.3, 0.4) is 0 Å². The number of esters is 1. The van der Waals surface area contributed by atoms with E-state index < -0.39 is 21.5 Å². The van der Waals surface area contributed by atoms with E-state index >= 15 is 0 Å². The summed E-state index contributed by atoms with van der Waals surface area (Å²) in [4.78, 5) is 26.0. The zero-order valence-electron chi connectivity index (χ0n) is 16.8. The van der Waals surface area contributed by atoms with Gasteiger partial charge in [-0.05, 0) is 36.6 Å². The van der Waals surface area contributed by atoms with Crippen molar-refractivity contribution < 1.29 is 22.7 Å². The second-order valence-electron chi connectivity index (χ2n) is 7.26. The van der Waals surface area contributed by atoms with Gasteiger partial charge >= 0.3 is 5.97 Å². The molecule has 2 atom stereocenters. The molecule has 0 N–H and O–H groups in total. The smallest absolute Gasteiger partial charge is 0.303 e. The predicted molar refractivity (Wildman–Crippen MR) is 113 cm³/mol. The Morgan fingerprint density at radius 1 is 0.967 bits per heavy atom. The van der Waals surface area contributed by atoms with Crippen molar-refractivity contribution in [2.24, 2.45) is 0 Å². The van der Waals surface area contributed by atoms with Crippen LogP contribution in [0.4, 0.5) is 0 Å². The van der Waals surface area contributed by atoms with E-state index in [0.717, 1.165) is 5.56 Å². The maximum Gasteiger partial charge on any atom is 0.303 e. The van der Waals surface area contributed by atoms with Crippen molar-refractivity contribution in [2.75, 3.05) is 5.75 Å². The summed E-state index contributed by atoms with van der Waals surface area (Å²) >= 11 is 0. The highest BCUT2D eigenvalue weighted by Gasteiger charge is 2.30. The van der Waals surface area contributed by atoms with Gasteiger partial charge in [0.15, 0.2) is 9.84 Å². The van der Waals surface area contributed by atoms with Gasteiger partial charge in [-0.2, -0.15) is 0 Å². The standard InChI is InChI=1S/C23H25NO5S/c1-18(25)29-21-14-12-20(13-15-21)24(16-19-8-4-2-5-9-19)23(26)17-30(27,28)22-10-6-3-7-11-22/h2-12,14,20-21H,13,15-17H2,1H3/t20-,21-/m0/s1. The van der Waals surface area contributed by atoms with Gasteiger partial charge in [0, 0.05) is 13.5 Å². The Bertz CT molecular complexity index is 1000. The van der Waals surface area contributed by atoms with Gasteiger partial charge in [0.05, 0.1) is 10.9 Å². The highest BCUT2D eigenvalue weighted by atomic mass is 32.2. The number of rotatable bonds is 7. The number of hydrogen-bond acceptors (Lipinski definition) is 5. The Hall–Kier alpha value is -2.93. The average molecular weight is 428 g/mol. The monoisotopic (exact) mass is 427 g/mol. The molecule has 0 radical (unpaired) electrons. The molecule has 1 amide bonds.